The maximum absolute atomic E-state index is 5.45. The van der Waals surface area contributed by atoms with Gasteiger partial charge in [0.1, 0.15) is 0 Å². The molecule has 0 bridgehead atoms. The maximum atomic E-state index is 5.45. The van der Waals surface area contributed by atoms with E-state index in [1.807, 2.05) is 0 Å². The van der Waals surface area contributed by atoms with Crippen LogP contribution >= 0.6 is 35.0 Å². The SMILES string of the molecule is CC(C)CSC(Cl)Cl. The van der Waals surface area contributed by atoms with Crippen LogP contribution in [0.3, 0.4) is 0 Å². The van der Waals surface area contributed by atoms with Gasteiger partial charge >= 0.3 is 0 Å². The average molecular weight is 173 g/mol. The first kappa shape index (κ1) is 8.93. The van der Waals surface area contributed by atoms with Crippen LogP contribution in [-0.4, -0.2) is 9.92 Å². The summed E-state index contributed by atoms with van der Waals surface area (Å²) >= 11 is 12.5. The molecule has 0 fully saturated rings. The van der Waals surface area contributed by atoms with Crippen molar-refractivity contribution in [3.8, 4) is 0 Å². The molecule has 3 heteroatoms. The fourth-order valence-corrected chi connectivity index (χ4v) is 1.23. The van der Waals surface area contributed by atoms with E-state index in [-0.39, 0.29) is 4.17 Å². The van der Waals surface area contributed by atoms with E-state index in [0.717, 1.165) is 5.75 Å². The van der Waals surface area contributed by atoms with Crippen LogP contribution in [0.15, 0.2) is 0 Å². The Hall–Kier alpha value is 0.930. The van der Waals surface area contributed by atoms with Crippen molar-refractivity contribution in [3.63, 3.8) is 0 Å². The lowest BCUT2D eigenvalue weighted by Crippen LogP contribution is -1.92. The first-order chi connectivity index (χ1) is 3.63. The normalized spacial score (nSPS) is 11.2. The van der Waals surface area contributed by atoms with Crippen LogP contribution in [0.25, 0.3) is 0 Å². The quantitative estimate of drug-likeness (QED) is 0.591. The van der Waals surface area contributed by atoms with Gasteiger partial charge in [0, 0.05) is 0 Å². The highest BCUT2D eigenvalue weighted by atomic mass is 35.5. The Morgan fingerprint density at radius 3 is 2.00 bits per heavy atom. The van der Waals surface area contributed by atoms with Gasteiger partial charge in [0.05, 0.1) is 0 Å². The standard InChI is InChI=1S/C5H10Cl2S/c1-4(2)3-8-5(6)7/h4-5H,3H2,1-2H3. The minimum atomic E-state index is -0.252. The molecule has 8 heavy (non-hydrogen) atoms. The molecule has 0 aliphatic heterocycles. The first-order valence-corrected chi connectivity index (χ1v) is 4.45. The van der Waals surface area contributed by atoms with Crippen LogP contribution in [0, 0.1) is 5.92 Å². The fourth-order valence-electron chi connectivity index (χ4n) is 0.265. The molecule has 0 aromatic carbocycles. The van der Waals surface area contributed by atoms with E-state index in [1.54, 1.807) is 11.8 Å². The van der Waals surface area contributed by atoms with E-state index in [1.165, 1.54) is 0 Å². The largest absolute Gasteiger partial charge is 0.153 e. The van der Waals surface area contributed by atoms with Gasteiger partial charge in [-0.25, -0.2) is 0 Å². The Bertz CT molecular complexity index is 46.4. The second kappa shape index (κ2) is 4.78. The third-order valence-electron chi connectivity index (χ3n) is 0.556. The molecule has 0 spiro atoms. The molecule has 0 aromatic heterocycles. The number of hydrogen-bond acceptors (Lipinski definition) is 1. The lowest BCUT2D eigenvalue weighted by Gasteiger charge is -2.02. The van der Waals surface area contributed by atoms with E-state index in [9.17, 15) is 0 Å². The number of thioether (sulfide) groups is 1. The van der Waals surface area contributed by atoms with Crippen LogP contribution in [0.2, 0.25) is 0 Å². The predicted molar refractivity (Wildman–Crippen MR) is 42.8 cm³/mol. The van der Waals surface area contributed by atoms with Gasteiger partial charge in [-0.15, -0.1) is 11.8 Å². The number of halogens is 2. The molecule has 0 aliphatic carbocycles. The molecular formula is C5H10Cl2S. The van der Waals surface area contributed by atoms with Gasteiger partial charge in [0.15, 0.2) is 4.17 Å². The maximum Gasteiger partial charge on any atom is 0.153 e. The van der Waals surface area contributed by atoms with Gasteiger partial charge < -0.3 is 0 Å². The summed E-state index contributed by atoms with van der Waals surface area (Å²) in [6.45, 7) is 4.28. The summed E-state index contributed by atoms with van der Waals surface area (Å²) in [4.78, 5) is 0. The molecule has 50 valence electrons. The lowest BCUT2D eigenvalue weighted by atomic mass is 10.3. The highest BCUT2D eigenvalue weighted by molar-refractivity contribution is 8.02. The molecular weight excluding hydrogens is 163 g/mol. The van der Waals surface area contributed by atoms with Gasteiger partial charge in [-0.3, -0.25) is 0 Å². The summed E-state index contributed by atoms with van der Waals surface area (Å²) in [6.07, 6.45) is 0. The zero-order valence-corrected chi connectivity index (χ0v) is 7.35. The highest BCUT2D eigenvalue weighted by Crippen LogP contribution is 2.20. The number of rotatable bonds is 3. The topological polar surface area (TPSA) is 0 Å². The first-order valence-electron chi connectivity index (χ1n) is 2.52. The van der Waals surface area contributed by atoms with E-state index >= 15 is 0 Å². The predicted octanol–water partition coefficient (Wildman–Crippen LogP) is 3.14. The Morgan fingerprint density at radius 1 is 1.38 bits per heavy atom. The van der Waals surface area contributed by atoms with E-state index in [4.69, 9.17) is 23.2 Å². The fraction of sp³-hybridized carbons (Fsp3) is 1.00. The molecule has 0 saturated heterocycles. The van der Waals surface area contributed by atoms with Crippen molar-refractivity contribution >= 4 is 35.0 Å². The summed E-state index contributed by atoms with van der Waals surface area (Å²) in [5, 5.41) is 0. The van der Waals surface area contributed by atoms with Crippen LogP contribution in [-0.2, 0) is 0 Å². The van der Waals surface area contributed by atoms with Crippen LogP contribution in [0.4, 0.5) is 0 Å². The molecule has 0 atom stereocenters. The smallest absolute Gasteiger partial charge is 0.126 e. The monoisotopic (exact) mass is 172 g/mol. The molecule has 0 amide bonds. The van der Waals surface area contributed by atoms with Crippen molar-refractivity contribution in [1.29, 1.82) is 0 Å². The molecule has 0 N–H and O–H groups in total. The Morgan fingerprint density at radius 2 is 1.88 bits per heavy atom. The molecule has 0 unspecified atom stereocenters. The van der Waals surface area contributed by atoms with Gasteiger partial charge in [0.2, 0.25) is 0 Å². The van der Waals surface area contributed by atoms with Crippen molar-refractivity contribution in [3.05, 3.63) is 0 Å². The highest BCUT2D eigenvalue weighted by Gasteiger charge is 1.99. The van der Waals surface area contributed by atoms with Crippen molar-refractivity contribution in [2.24, 2.45) is 5.92 Å². The van der Waals surface area contributed by atoms with Crippen LogP contribution in [0.1, 0.15) is 13.8 Å². The second-order valence-electron chi connectivity index (χ2n) is 1.99. The number of hydrogen-bond donors (Lipinski definition) is 0. The Balaban J connectivity index is 2.93. The van der Waals surface area contributed by atoms with Gasteiger partial charge in [-0.1, -0.05) is 37.0 Å². The summed E-state index contributed by atoms with van der Waals surface area (Å²) in [7, 11) is 0. The van der Waals surface area contributed by atoms with Crippen molar-refractivity contribution in [2.45, 2.75) is 18.0 Å². The molecule has 0 nitrogen and oxygen atoms in total. The van der Waals surface area contributed by atoms with Crippen molar-refractivity contribution < 1.29 is 0 Å². The van der Waals surface area contributed by atoms with Crippen LogP contribution < -0.4 is 0 Å². The van der Waals surface area contributed by atoms with E-state index in [0.29, 0.717) is 5.92 Å². The third-order valence-corrected chi connectivity index (χ3v) is 2.42. The molecule has 0 rings (SSSR count). The Kier molecular flexibility index (Phi) is 5.33. The molecule has 0 heterocycles. The summed E-state index contributed by atoms with van der Waals surface area (Å²) in [5.41, 5.74) is 0. The zero-order valence-electron chi connectivity index (χ0n) is 5.03. The van der Waals surface area contributed by atoms with Crippen molar-refractivity contribution in [1.82, 2.24) is 0 Å². The number of alkyl halides is 2. The van der Waals surface area contributed by atoms with Crippen molar-refractivity contribution in [2.75, 3.05) is 5.75 Å². The van der Waals surface area contributed by atoms with Gasteiger partial charge in [-0.05, 0) is 11.7 Å². The average Bonchev–Trinajstić information content (AvgIpc) is 1.61. The molecule has 0 aliphatic rings. The van der Waals surface area contributed by atoms with E-state index in [2.05, 4.69) is 13.8 Å². The third kappa shape index (κ3) is 6.93. The summed E-state index contributed by atoms with van der Waals surface area (Å²) in [5.74, 6) is 1.72. The van der Waals surface area contributed by atoms with Gasteiger partial charge in [0.25, 0.3) is 0 Å². The van der Waals surface area contributed by atoms with Crippen LogP contribution in [0.5, 0.6) is 0 Å². The Labute approximate surface area is 64.9 Å². The van der Waals surface area contributed by atoms with E-state index < -0.39 is 0 Å². The summed E-state index contributed by atoms with van der Waals surface area (Å²) in [6, 6.07) is 0. The minimum absolute atomic E-state index is 0.252. The molecule has 0 saturated carbocycles. The summed E-state index contributed by atoms with van der Waals surface area (Å²) < 4.78 is -0.252. The zero-order chi connectivity index (χ0) is 6.57. The lowest BCUT2D eigenvalue weighted by molar-refractivity contribution is 0.751. The second-order valence-corrected chi connectivity index (χ2v) is 4.74. The molecule has 0 aromatic rings. The molecule has 0 radical (unpaired) electrons. The van der Waals surface area contributed by atoms with Gasteiger partial charge in [-0.2, -0.15) is 0 Å². The minimum Gasteiger partial charge on any atom is -0.126 e.